The first-order valence-electron chi connectivity index (χ1n) is 6.78. The zero-order chi connectivity index (χ0) is 12.8. The predicted molar refractivity (Wildman–Crippen MR) is 77.7 cm³/mol. The van der Waals surface area contributed by atoms with Crippen LogP contribution in [0.4, 0.5) is 0 Å². The van der Waals surface area contributed by atoms with Gasteiger partial charge in [-0.15, -0.1) is 0 Å². The number of ether oxygens (including phenoxy) is 1. The number of hydrogen-bond acceptors (Lipinski definition) is 1. The van der Waals surface area contributed by atoms with Crippen LogP contribution >= 0.6 is 0 Å². The first kappa shape index (κ1) is 12.9. The van der Waals surface area contributed by atoms with Crippen LogP contribution in [0.1, 0.15) is 38.2 Å². The van der Waals surface area contributed by atoms with Gasteiger partial charge in [-0.05, 0) is 43.4 Å². The predicted octanol–water partition coefficient (Wildman–Crippen LogP) is 4.84. The Bertz CT molecular complexity index is 419. The van der Waals surface area contributed by atoms with Gasteiger partial charge in [-0.25, -0.2) is 0 Å². The summed E-state index contributed by atoms with van der Waals surface area (Å²) in [6.45, 7) is 2.19. The molecule has 1 aliphatic rings. The van der Waals surface area contributed by atoms with Crippen LogP contribution in [0.2, 0.25) is 0 Å². The summed E-state index contributed by atoms with van der Waals surface area (Å²) in [5.41, 5.74) is 2.59. The molecule has 0 N–H and O–H groups in total. The standard InChI is InChI=1S/C17H22O/c1-14(13-16-5-3-4-6-16)7-8-15-9-11-17(18-2)12-10-15/h7-13,16H,3-6H2,1-2H3. The molecule has 0 amide bonds. The van der Waals surface area contributed by atoms with Crippen LogP contribution in [0.25, 0.3) is 6.08 Å². The molecule has 18 heavy (non-hydrogen) atoms. The van der Waals surface area contributed by atoms with E-state index in [1.54, 1.807) is 7.11 Å². The van der Waals surface area contributed by atoms with Gasteiger partial charge in [0.05, 0.1) is 7.11 Å². The second kappa shape index (κ2) is 6.44. The molecule has 0 saturated heterocycles. The van der Waals surface area contributed by atoms with Gasteiger partial charge in [0, 0.05) is 0 Å². The van der Waals surface area contributed by atoms with Gasteiger partial charge >= 0.3 is 0 Å². The van der Waals surface area contributed by atoms with E-state index < -0.39 is 0 Å². The van der Waals surface area contributed by atoms with Gasteiger partial charge in [-0.3, -0.25) is 0 Å². The van der Waals surface area contributed by atoms with Crippen molar-refractivity contribution < 1.29 is 4.74 Å². The number of hydrogen-bond donors (Lipinski definition) is 0. The SMILES string of the molecule is COc1ccc(C=CC(C)=CC2CCCC2)cc1. The van der Waals surface area contributed by atoms with Crippen molar-refractivity contribution in [2.75, 3.05) is 7.11 Å². The fourth-order valence-corrected chi connectivity index (χ4v) is 2.49. The molecule has 1 fully saturated rings. The van der Waals surface area contributed by atoms with Crippen molar-refractivity contribution in [2.24, 2.45) is 5.92 Å². The van der Waals surface area contributed by atoms with E-state index in [2.05, 4.69) is 37.3 Å². The van der Waals surface area contributed by atoms with E-state index in [-0.39, 0.29) is 0 Å². The Labute approximate surface area is 110 Å². The van der Waals surface area contributed by atoms with Crippen LogP contribution in [-0.2, 0) is 0 Å². The molecule has 0 heterocycles. The van der Waals surface area contributed by atoms with Crippen LogP contribution in [0.5, 0.6) is 5.75 Å². The highest BCUT2D eigenvalue weighted by Crippen LogP contribution is 2.27. The lowest BCUT2D eigenvalue weighted by Crippen LogP contribution is -1.87. The summed E-state index contributed by atoms with van der Waals surface area (Å²) in [6, 6.07) is 8.15. The van der Waals surface area contributed by atoms with Gasteiger partial charge < -0.3 is 4.74 Å². The van der Waals surface area contributed by atoms with E-state index in [0.717, 1.165) is 11.7 Å². The van der Waals surface area contributed by atoms with Gasteiger partial charge in [0.1, 0.15) is 5.75 Å². The molecule has 0 aliphatic heterocycles. The smallest absolute Gasteiger partial charge is 0.118 e. The van der Waals surface area contributed by atoms with Crippen molar-refractivity contribution in [1.82, 2.24) is 0 Å². The van der Waals surface area contributed by atoms with Gasteiger partial charge in [0.25, 0.3) is 0 Å². The zero-order valence-corrected chi connectivity index (χ0v) is 11.4. The molecule has 0 spiro atoms. The Morgan fingerprint density at radius 3 is 2.44 bits per heavy atom. The molecule has 0 aromatic heterocycles. The maximum atomic E-state index is 5.15. The highest BCUT2D eigenvalue weighted by Gasteiger charge is 2.11. The zero-order valence-electron chi connectivity index (χ0n) is 11.4. The molecule has 1 aromatic rings. The fourth-order valence-electron chi connectivity index (χ4n) is 2.49. The molecule has 0 bridgehead atoms. The molecular formula is C17H22O. The first-order chi connectivity index (χ1) is 8.78. The molecule has 1 heteroatoms. The average Bonchev–Trinajstić information content (AvgIpc) is 2.90. The normalized spacial score (nSPS) is 17.6. The average molecular weight is 242 g/mol. The van der Waals surface area contributed by atoms with Gasteiger partial charge in [0.2, 0.25) is 0 Å². The molecule has 2 rings (SSSR count). The van der Waals surface area contributed by atoms with Crippen molar-refractivity contribution in [2.45, 2.75) is 32.6 Å². The summed E-state index contributed by atoms with van der Waals surface area (Å²) < 4.78 is 5.15. The van der Waals surface area contributed by atoms with Crippen LogP contribution < -0.4 is 4.74 Å². The van der Waals surface area contributed by atoms with Crippen molar-refractivity contribution in [3.05, 3.63) is 47.6 Å². The third kappa shape index (κ3) is 3.76. The molecular weight excluding hydrogens is 220 g/mol. The maximum absolute atomic E-state index is 5.15. The van der Waals surface area contributed by atoms with Gasteiger partial charge in [0.15, 0.2) is 0 Å². The third-order valence-corrected chi connectivity index (χ3v) is 3.55. The van der Waals surface area contributed by atoms with E-state index in [1.807, 2.05) is 12.1 Å². The quantitative estimate of drug-likeness (QED) is 0.686. The van der Waals surface area contributed by atoms with Crippen molar-refractivity contribution >= 4 is 6.08 Å². The van der Waals surface area contributed by atoms with Crippen LogP contribution in [-0.4, -0.2) is 7.11 Å². The summed E-state index contributed by atoms with van der Waals surface area (Å²) in [5, 5.41) is 0. The minimum atomic E-state index is 0.811. The van der Waals surface area contributed by atoms with Crippen LogP contribution in [0.15, 0.2) is 42.0 Å². The highest BCUT2D eigenvalue weighted by molar-refractivity contribution is 5.53. The molecule has 0 atom stereocenters. The Hall–Kier alpha value is -1.50. The molecule has 0 radical (unpaired) electrons. The van der Waals surface area contributed by atoms with Crippen LogP contribution in [0.3, 0.4) is 0 Å². The highest BCUT2D eigenvalue weighted by atomic mass is 16.5. The lowest BCUT2D eigenvalue weighted by atomic mass is 10.0. The van der Waals surface area contributed by atoms with Gasteiger partial charge in [-0.2, -0.15) is 0 Å². The second-order valence-electron chi connectivity index (χ2n) is 5.06. The Morgan fingerprint density at radius 2 is 1.83 bits per heavy atom. The Kier molecular flexibility index (Phi) is 4.63. The minimum Gasteiger partial charge on any atom is -0.497 e. The molecule has 1 saturated carbocycles. The van der Waals surface area contributed by atoms with Gasteiger partial charge in [-0.1, -0.05) is 48.8 Å². The minimum absolute atomic E-state index is 0.811. The van der Waals surface area contributed by atoms with Crippen molar-refractivity contribution in [3.63, 3.8) is 0 Å². The summed E-state index contributed by atoms with van der Waals surface area (Å²) in [6.07, 6.45) is 12.3. The molecule has 0 unspecified atom stereocenters. The lowest BCUT2D eigenvalue weighted by molar-refractivity contribution is 0.415. The summed E-state index contributed by atoms with van der Waals surface area (Å²) >= 11 is 0. The first-order valence-corrected chi connectivity index (χ1v) is 6.78. The van der Waals surface area contributed by atoms with Crippen molar-refractivity contribution in [3.8, 4) is 5.75 Å². The second-order valence-corrected chi connectivity index (χ2v) is 5.06. The summed E-state index contributed by atoms with van der Waals surface area (Å²) in [7, 11) is 1.69. The van der Waals surface area contributed by atoms with E-state index in [0.29, 0.717) is 0 Å². The number of allylic oxidation sites excluding steroid dienone is 3. The molecule has 1 aliphatic carbocycles. The largest absolute Gasteiger partial charge is 0.497 e. The van der Waals surface area contributed by atoms with Crippen LogP contribution in [0, 0.1) is 5.92 Å². The van der Waals surface area contributed by atoms with E-state index in [1.165, 1.54) is 36.8 Å². The number of rotatable bonds is 4. The molecule has 1 nitrogen and oxygen atoms in total. The maximum Gasteiger partial charge on any atom is 0.118 e. The monoisotopic (exact) mass is 242 g/mol. The Morgan fingerprint density at radius 1 is 1.17 bits per heavy atom. The molecule has 1 aromatic carbocycles. The number of benzene rings is 1. The van der Waals surface area contributed by atoms with E-state index in [9.17, 15) is 0 Å². The summed E-state index contributed by atoms with van der Waals surface area (Å²) in [5.74, 6) is 1.72. The Balaban J connectivity index is 1.96. The van der Waals surface area contributed by atoms with E-state index in [4.69, 9.17) is 4.74 Å². The summed E-state index contributed by atoms with van der Waals surface area (Å²) in [4.78, 5) is 0. The van der Waals surface area contributed by atoms with E-state index >= 15 is 0 Å². The fraction of sp³-hybridized carbons (Fsp3) is 0.412. The molecule has 96 valence electrons. The third-order valence-electron chi connectivity index (χ3n) is 3.55. The topological polar surface area (TPSA) is 9.23 Å². The lowest BCUT2D eigenvalue weighted by Gasteiger charge is -2.02. The van der Waals surface area contributed by atoms with Crippen molar-refractivity contribution in [1.29, 1.82) is 0 Å². The number of methoxy groups -OCH3 is 1.